The summed E-state index contributed by atoms with van der Waals surface area (Å²) in [6, 6.07) is 2.31. The van der Waals surface area contributed by atoms with E-state index in [4.69, 9.17) is 10.00 Å². The number of aryl methyl sites for hydroxylation is 1. The number of alkyl halides is 3. The van der Waals surface area contributed by atoms with Crippen molar-refractivity contribution in [1.29, 1.82) is 5.26 Å². The van der Waals surface area contributed by atoms with Crippen LogP contribution in [0.1, 0.15) is 29.4 Å². The number of thioether (sulfide) groups is 1. The number of hydrogen-bond donors (Lipinski definition) is 1. The number of pyridine rings is 1. The molecule has 0 spiro atoms. The van der Waals surface area contributed by atoms with Crippen molar-refractivity contribution in [2.75, 3.05) is 17.7 Å². The fraction of sp³-hybridized carbons (Fsp3) is 0.353. The quantitative estimate of drug-likeness (QED) is 0.514. The van der Waals surface area contributed by atoms with Crippen molar-refractivity contribution in [3.63, 3.8) is 0 Å². The smallest absolute Gasteiger partial charge is 0.417 e. The van der Waals surface area contributed by atoms with Gasteiger partial charge in [-0.15, -0.1) is 11.3 Å². The van der Waals surface area contributed by atoms with E-state index in [0.29, 0.717) is 5.69 Å². The molecule has 1 N–H and O–H groups in total. The third-order valence-corrected chi connectivity index (χ3v) is 5.08. The van der Waals surface area contributed by atoms with E-state index in [1.54, 1.807) is 12.3 Å². The first kappa shape index (κ1) is 22.6. The van der Waals surface area contributed by atoms with E-state index in [9.17, 15) is 22.8 Å². The summed E-state index contributed by atoms with van der Waals surface area (Å²) in [6.07, 6.45) is -4.74. The molecule has 0 aliphatic rings. The number of anilines is 1. The summed E-state index contributed by atoms with van der Waals surface area (Å²) in [6.45, 7) is 3.30. The number of carbonyl (C=O) groups excluding carboxylic acids is 2. The van der Waals surface area contributed by atoms with Crippen molar-refractivity contribution in [2.24, 2.45) is 0 Å². The van der Waals surface area contributed by atoms with Gasteiger partial charge in [0.2, 0.25) is 5.91 Å². The molecule has 2 aromatic heterocycles. The molecule has 12 heteroatoms. The molecule has 0 fully saturated rings. The zero-order valence-electron chi connectivity index (χ0n) is 15.3. The number of hydrogen-bond acceptors (Lipinski definition) is 8. The van der Waals surface area contributed by atoms with Crippen molar-refractivity contribution < 1.29 is 27.5 Å². The summed E-state index contributed by atoms with van der Waals surface area (Å²) in [4.78, 5) is 31.6. The number of nitriles is 1. The number of nitrogens with zero attached hydrogens (tertiary/aromatic N) is 3. The number of nitrogens with one attached hydrogen (secondary N) is 1. The first-order valence-electron chi connectivity index (χ1n) is 8.15. The van der Waals surface area contributed by atoms with E-state index in [2.05, 4.69) is 15.3 Å². The minimum atomic E-state index is -4.70. The van der Waals surface area contributed by atoms with Crippen LogP contribution in [0.5, 0.6) is 0 Å². The van der Waals surface area contributed by atoms with Gasteiger partial charge in [-0.05, 0) is 19.9 Å². The van der Waals surface area contributed by atoms with E-state index in [1.807, 2.05) is 0 Å². The predicted molar refractivity (Wildman–Crippen MR) is 100 cm³/mol. The van der Waals surface area contributed by atoms with E-state index in [-0.39, 0.29) is 34.6 Å². The maximum Gasteiger partial charge on any atom is 0.417 e. The number of esters is 1. The van der Waals surface area contributed by atoms with Crippen LogP contribution in [-0.4, -0.2) is 34.2 Å². The van der Waals surface area contributed by atoms with Gasteiger partial charge < -0.3 is 10.1 Å². The zero-order chi connectivity index (χ0) is 21.6. The molecule has 0 saturated carbocycles. The standard InChI is InChI=1S/C17H15F3N4O3S2/c1-3-27-14(26)5-10-7-29-16(23-10)24-13(25)8-28-15-11(6-21)12(17(18,19)20)4-9(2)22-15/h4,7H,3,5,8H2,1-2H3,(H,23,24,25). The maximum atomic E-state index is 13.1. The van der Waals surface area contributed by atoms with Crippen molar-refractivity contribution in [1.82, 2.24) is 9.97 Å². The van der Waals surface area contributed by atoms with Gasteiger partial charge in [-0.25, -0.2) is 9.97 Å². The largest absolute Gasteiger partial charge is 0.466 e. The van der Waals surface area contributed by atoms with Gasteiger partial charge in [0.05, 0.1) is 35.6 Å². The number of aromatic nitrogens is 2. The van der Waals surface area contributed by atoms with Gasteiger partial charge in [0.15, 0.2) is 5.13 Å². The third-order valence-electron chi connectivity index (χ3n) is 3.30. The molecule has 2 aromatic rings. The molecular weight excluding hydrogens is 429 g/mol. The van der Waals surface area contributed by atoms with Crippen molar-refractivity contribution in [3.05, 3.63) is 34.0 Å². The average Bonchev–Trinajstić information content (AvgIpc) is 3.05. The Balaban J connectivity index is 2.03. The number of rotatable bonds is 7. The number of halogens is 3. The Morgan fingerprint density at radius 2 is 2.10 bits per heavy atom. The van der Waals surface area contributed by atoms with Crippen LogP contribution in [0.25, 0.3) is 0 Å². The van der Waals surface area contributed by atoms with E-state index in [0.717, 1.165) is 29.2 Å². The molecule has 0 bridgehead atoms. The Morgan fingerprint density at radius 1 is 1.38 bits per heavy atom. The van der Waals surface area contributed by atoms with Gasteiger partial charge in [-0.3, -0.25) is 9.59 Å². The van der Waals surface area contributed by atoms with Crippen LogP contribution in [0, 0.1) is 18.3 Å². The molecule has 154 valence electrons. The topological polar surface area (TPSA) is 105 Å². The summed E-state index contributed by atoms with van der Waals surface area (Å²) in [7, 11) is 0. The van der Waals surface area contributed by atoms with Gasteiger partial charge in [0.25, 0.3) is 0 Å². The van der Waals surface area contributed by atoms with Crippen LogP contribution < -0.4 is 5.32 Å². The second-order valence-electron chi connectivity index (χ2n) is 5.56. The van der Waals surface area contributed by atoms with Crippen molar-refractivity contribution in [2.45, 2.75) is 31.5 Å². The molecule has 2 heterocycles. The first-order valence-corrected chi connectivity index (χ1v) is 10.0. The molecule has 0 saturated heterocycles. The molecule has 2 rings (SSSR count). The van der Waals surface area contributed by atoms with Gasteiger partial charge in [0.1, 0.15) is 11.1 Å². The number of thiazole rings is 1. The Morgan fingerprint density at radius 3 is 2.72 bits per heavy atom. The Hall–Kier alpha value is -2.65. The highest BCUT2D eigenvalue weighted by molar-refractivity contribution is 8.00. The Bertz CT molecular complexity index is 954. The van der Waals surface area contributed by atoms with E-state index < -0.39 is 29.2 Å². The lowest BCUT2D eigenvalue weighted by molar-refractivity contribution is -0.142. The lowest BCUT2D eigenvalue weighted by Gasteiger charge is -2.12. The van der Waals surface area contributed by atoms with Crippen LogP contribution in [-0.2, 0) is 26.9 Å². The lowest BCUT2D eigenvalue weighted by Crippen LogP contribution is -2.15. The predicted octanol–water partition coefficient (Wildman–Crippen LogP) is 3.57. The first-order chi connectivity index (χ1) is 13.6. The number of carbonyl (C=O) groups is 2. The van der Waals surface area contributed by atoms with Crippen LogP contribution in [0.2, 0.25) is 0 Å². The highest BCUT2D eigenvalue weighted by atomic mass is 32.2. The number of ether oxygens (including phenoxy) is 1. The molecule has 1 amide bonds. The lowest BCUT2D eigenvalue weighted by atomic mass is 10.1. The Kier molecular flexibility index (Phi) is 7.58. The summed E-state index contributed by atoms with van der Waals surface area (Å²) >= 11 is 1.82. The minimum Gasteiger partial charge on any atom is -0.466 e. The number of amides is 1. The molecule has 0 aliphatic carbocycles. The summed E-state index contributed by atoms with van der Waals surface area (Å²) in [5.41, 5.74) is -1.19. The van der Waals surface area contributed by atoms with Gasteiger partial charge in [-0.2, -0.15) is 18.4 Å². The van der Waals surface area contributed by atoms with Gasteiger partial charge >= 0.3 is 12.1 Å². The zero-order valence-corrected chi connectivity index (χ0v) is 16.9. The fourth-order valence-corrected chi connectivity index (χ4v) is 3.75. The summed E-state index contributed by atoms with van der Waals surface area (Å²) in [5, 5.41) is 13.3. The van der Waals surface area contributed by atoms with Gasteiger partial charge in [0, 0.05) is 11.1 Å². The second-order valence-corrected chi connectivity index (χ2v) is 7.39. The third kappa shape index (κ3) is 6.43. The minimum absolute atomic E-state index is 0.0338. The van der Waals surface area contributed by atoms with Crippen molar-refractivity contribution >= 4 is 40.1 Å². The van der Waals surface area contributed by atoms with Crippen LogP contribution in [0.4, 0.5) is 18.3 Å². The SMILES string of the molecule is CCOC(=O)Cc1csc(NC(=O)CSc2nc(C)cc(C(F)(F)F)c2C#N)n1. The fourth-order valence-electron chi connectivity index (χ4n) is 2.18. The highest BCUT2D eigenvalue weighted by Gasteiger charge is 2.35. The second kappa shape index (κ2) is 9.71. The molecule has 0 unspecified atom stereocenters. The maximum absolute atomic E-state index is 13.1. The van der Waals surface area contributed by atoms with E-state index >= 15 is 0 Å². The molecule has 7 nitrogen and oxygen atoms in total. The molecular formula is C17H15F3N4O3S2. The highest BCUT2D eigenvalue weighted by Crippen LogP contribution is 2.35. The molecule has 0 aliphatic heterocycles. The molecule has 0 atom stereocenters. The summed E-state index contributed by atoms with van der Waals surface area (Å²) in [5.74, 6) is -1.25. The summed E-state index contributed by atoms with van der Waals surface area (Å²) < 4.78 is 44.2. The normalized spacial score (nSPS) is 11.0. The van der Waals surface area contributed by atoms with Crippen LogP contribution >= 0.6 is 23.1 Å². The molecule has 0 radical (unpaired) electrons. The molecule has 29 heavy (non-hydrogen) atoms. The van der Waals surface area contributed by atoms with Crippen LogP contribution in [0.15, 0.2) is 16.5 Å². The van der Waals surface area contributed by atoms with Crippen LogP contribution in [0.3, 0.4) is 0 Å². The van der Waals surface area contributed by atoms with Crippen molar-refractivity contribution in [3.8, 4) is 6.07 Å². The Labute approximate surface area is 172 Å². The van der Waals surface area contributed by atoms with E-state index in [1.165, 1.54) is 13.0 Å². The average molecular weight is 444 g/mol. The molecule has 0 aromatic carbocycles. The van der Waals surface area contributed by atoms with Gasteiger partial charge in [-0.1, -0.05) is 11.8 Å². The monoisotopic (exact) mass is 444 g/mol.